The summed E-state index contributed by atoms with van der Waals surface area (Å²) in [6.45, 7) is 2.12. The summed E-state index contributed by atoms with van der Waals surface area (Å²) < 4.78 is 12.1. The minimum absolute atomic E-state index is 0.269. The third kappa shape index (κ3) is 4.03. The fraction of sp³-hybridized carbons (Fsp3) is 0.211. The van der Waals surface area contributed by atoms with Crippen LogP contribution in [0, 0.1) is 6.92 Å². The van der Waals surface area contributed by atoms with E-state index in [0.717, 1.165) is 11.3 Å². The molecule has 1 amide bonds. The van der Waals surface area contributed by atoms with Gasteiger partial charge in [0.15, 0.2) is 17.2 Å². The number of nitrogens with one attached hydrogen (secondary N) is 1. The number of methoxy groups -OCH3 is 2. The number of amides is 1. The molecule has 7 nitrogen and oxygen atoms in total. The average Bonchev–Trinajstić information content (AvgIpc) is 3.08. The summed E-state index contributed by atoms with van der Waals surface area (Å²) in [6, 6.07) is 12.6. The Morgan fingerprint density at radius 1 is 1.11 bits per heavy atom. The molecule has 0 aliphatic carbocycles. The van der Waals surface area contributed by atoms with Gasteiger partial charge in [0, 0.05) is 11.6 Å². The number of carbonyl (C=O) groups excluding carboxylic acids is 1. The average molecular weight is 387 g/mol. The van der Waals surface area contributed by atoms with Gasteiger partial charge in [0.25, 0.3) is 5.91 Å². The molecule has 3 aromatic rings. The van der Waals surface area contributed by atoms with E-state index in [1.807, 2.05) is 24.3 Å². The van der Waals surface area contributed by atoms with Crippen molar-refractivity contribution < 1.29 is 14.3 Å². The molecule has 0 bridgehead atoms. The van der Waals surface area contributed by atoms with Crippen molar-refractivity contribution in [1.82, 2.24) is 20.3 Å². The van der Waals surface area contributed by atoms with Gasteiger partial charge < -0.3 is 14.8 Å². The summed E-state index contributed by atoms with van der Waals surface area (Å²) in [7, 11) is 3.14. The largest absolute Gasteiger partial charge is 0.493 e. The second-order valence-electron chi connectivity index (χ2n) is 5.78. The maximum atomic E-state index is 12.5. The predicted molar refractivity (Wildman–Crippen MR) is 102 cm³/mol. The summed E-state index contributed by atoms with van der Waals surface area (Å²) in [5, 5.41) is 11.6. The first-order valence-electron chi connectivity index (χ1n) is 8.21. The van der Waals surface area contributed by atoms with E-state index in [2.05, 4.69) is 15.6 Å². The number of hydrogen-bond acceptors (Lipinski definition) is 5. The van der Waals surface area contributed by atoms with E-state index in [4.69, 9.17) is 21.1 Å². The number of aromatic nitrogens is 3. The third-order valence-corrected chi connectivity index (χ3v) is 4.33. The normalized spacial score (nSPS) is 10.5. The Hall–Kier alpha value is -3.06. The summed E-state index contributed by atoms with van der Waals surface area (Å²) >= 11 is 5.91. The van der Waals surface area contributed by atoms with Gasteiger partial charge in [-0.2, -0.15) is 0 Å². The van der Waals surface area contributed by atoms with Crippen molar-refractivity contribution in [2.45, 2.75) is 13.5 Å². The molecule has 1 heterocycles. The van der Waals surface area contributed by atoms with Gasteiger partial charge in [-0.25, -0.2) is 4.68 Å². The molecule has 2 aromatic carbocycles. The quantitative estimate of drug-likeness (QED) is 0.704. The number of nitrogens with zero attached hydrogens (tertiary/aromatic N) is 3. The Morgan fingerprint density at radius 2 is 1.81 bits per heavy atom. The molecular weight excluding hydrogens is 368 g/mol. The topological polar surface area (TPSA) is 78.3 Å². The van der Waals surface area contributed by atoms with Gasteiger partial charge in [-0.3, -0.25) is 4.79 Å². The Labute approximate surface area is 161 Å². The van der Waals surface area contributed by atoms with Gasteiger partial charge in [0.2, 0.25) is 0 Å². The van der Waals surface area contributed by atoms with Crippen LogP contribution in [0.1, 0.15) is 21.7 Å². The molecule has 0 unspecified atom stereocenters. The highest BCUT2D eigenvalue weighted by Gasteiger charge is 2.17. The molecule has 0 saturated heterocycles. The number of carbonyl (C=O) groups is 1. The molecule has 0 radical (unpaired) electrons. The zero-order valence-corrected chi connectivity index (χ0v) is 15.9. The van der Waals surface area contributed by atoms with E-state index < -0.39 is 0 Å². The smallest absolute Gasteiger partial charge is 0.274 e. The van der Waals surface area contributed by atoms with Gasteiger partial charge in [0.1, 0.15) is 0 Å². The highest BCUT2D eigenvalue weighted by atomic mass is 35.5. The van der Waals surface area contributed by atoms with Crippen molar-refractivity contribution in [3.05, 3.63) is 64.4 Å². The Morgan fingerprint density at radius 3 is 2.48 bits per heavy atom. The first-order chi connectivity index (χ1) is 13.0. The van der Waals surface area contributed by atoms with Gasteiger partial charge in [0.05, 0.1) is 25.6 Å². The van der Waals surface area contributed by atoms with Crippen molar-refractivity contribution in [1.29, 1.82) is 0 Å². The highest BCUT2D eigenvalue weighted by Crippen LogP contribution is 2.27. The van der Waals surface area contributed by atoms with Crippen LogP contribution in [0.4, 0.5) is 0 Å². The van der Waals surface area contributed by atoms with E-state index >= 15 is 0 Å². The molecule has 0 aliphatic heterocycles. The second-order valence-corrected chi connectivity index (χ2v) is 6.22. The first-order valence-corrected chi connectivity index (χ1v) is 8.58. The molecule has 3 rings (SSSR count). The van der Waals surface area contributed by atoms with E-state index in [1.165, 1.54) is 0 Å². The lowest BCUT2D eigenvalue weighted by Crippen LogP contribution is -2.24. The van der Waals surface area contributed by atoms with Crippen LogP contribution in [-0.2, 0) is 6.54 Å². The third-order valence-electron chi connectivity index (χ3n) is 4.08. The Kier molecular flexibility index (Phi) is 5.61. The minimum Gasteiger partial charge on any atom is -0.493 e. The molecule has 0 atom stereocenters. The fourth-order valence-corrected chi connectivity index (χ4v) is 2.75. The van der Waals surface area contributed by atoms with Crippen LogP contribution in [0.5, 0.6) is 11.5 Å². The SMILES string of the molecule is COc1ccc(CNC(=O)c2nnn(-c3ccc(Cl)cc3)c2C)cc1OC. The summed E-state index contributed by atoms with van der Waals surface area (Å²) in [6.07, 6.45) is 0. The fourth-order valence-electron chi connectivity index (χ4n) is 2.62. The lowest BCUT2D eigenvalue weighted by molar-refractivity contribution is 0.0945. The van der Waals surface area contributed by atoms with E-state index in [-0.39, 0.29) is 11.6 Å². The van der Waals surface area contributed by atoms with Gasteiger partial charge in [-0.1, -0.05) is 22.9 Å². The van der Waals surface area contributed by atoms with Crippen LogP contribution in [0.15, 0.2) is 42.5 Å². The predicted octanol–water partition coefficient (Wildman–Crippen LogP) is 3.18. The minimum atomic E-state index is -0.303. The van der Waals surface area contributed by atoms with E-state index in [9.17, 15) is 4.79 Å². The Balaban J connectivity index is 1.73. The number of halogens is 1. The van der Waals surface area contributed by atoms with Gasteiger partial charge in [-0.15, -0.1) is 5.10 Å². The summed E-state index contributed by atoms with van der Waals surface area (Å²) in [5.41, 5.74) is 2.57. The van der Waals surface area contributed by atoms with Crippen molar-refractivity contribution in [3.8, 4) is 17.2 Å². The maximum Gasteiger partial charge on any atom is 0.274 e. The first kappa shape index (κ1) is 18.7. The van der Waals surface area contributed by atoms with Gasteiger partial charge >= 0.3 is 0 Å². The second kappa shape index (κ2) is 8.09. The number of ether oxygens (including phenoxy) is 2. The maximum absolute atomic E-state index is 12.5. The lowest BCUT2D eigenvalue weighted by Gasteiger charge is -2.10. The van der Waals surface area contributed by atoms with Gasteiger partial charge in [-0.05, 0) is 48.9 Å². The summed E-state index contributed by atoms with van der Waals surface area (Å²) in [4.78, 5) is 12.5. The van der Waals surface area contributed by atoms with E-state index in [1.54, 1.807) is 44.0 Å². The summed E-state index contributed by atoms with van der Waals surface area (Å²) in [5.74, 6) is 0.936. The lowest BCUT2D eigenvalue weighted by atomic mass is 10.2. The number of rotatable bonds is 6. The van der Waals surface area contributed by atoms with Crippen LogP contribution < -0.4 is 14.8 Å². The highest BCUT2D eigenvalue weighted by molar-refractivity contribution is 6.30. The molecule has 0 aliphatic rings. The molecule has 0 saturated carbocycles. The molecule has 0 fully saturated rings. The van der Waals surface area contributed by atoms with Crippen LogP contribution in [0.3, 0.4) is 0 Å². The molecule has 8 heteroatoms. The van der Waals surface area contributed by atoms with Crippen LogP contribution >= 0.6 is 11.6 Å². The molecule has 0 spiro atoms. The molecule has 140 valence electrons. The monoisotopic (exact) mass is 386 g/mol. The zero-order chi connectivity index (χ0) is 19.4. The molecule has 27 heavy (non-hydrogen) atoms. The standard InChI is InChI=1S/C19H19ClN4O3/c1-12-18(22-23-24(12)15-7-5-14(20)6-8-15)19(25)21-11-13-4-9-16(26-2)17(10-13)27-3/h4-10H,11H2,1-3H3,(H,21,25). The van der Waals surface area contributed by atoms with Crippen LogP contribution in [0.2, 0.25) is 5.02 Å². The van der Waals surface area contributed by atoms with Crippen molar-refractivity contribution in [3.63, 3.8) is 0 Å². The zero-order valence-electron chi connectivity index (χ0n) is 15.2. The van der Waals surface area contributed by atoms with Crippen molar-refractivity contribution in [2.24, 2.45) is 0 Å². The molecular formula is C19H19ClN4O3. The van der Waals surface area contributed by atoms with Crippen LogP contribution in [-0.4, -0.2) is 35.1 Å². The van der Waals surface area contributed by atoms with Crippen LogP contribution in [0.25, 0.3) is 5.69 Å². The molecule has 1 N–H and O–H groups in total. The number of hydrogen-bond donors (Lipinski definition) is 1. The molecule has 1 aromatic heterocycles. The van der Waals surface area contributed by atoms with E-state index in [0.29, 0.717) is 28.8 Å². The van der Waals surface area contributed by atoms with Crippen molar-refractivity contribution >= 4 is 17.5 Å². The van der Waals surface area contributed by atoms with Crippen molar-refractivity contribution in [2.75, 3.05) is 14.2 Å². The number of benzene rings is 2. The Bertz CT molecular complexity index is 954.